The second-order valence-corrected chi connectivity index (χ2v) is 5.62. The summed E-state index contributed by atoms with van der Waals surface area (Å²) < 4.78 is 5.70. The third-order valence-corrected chi connectivity index (χ3v) is 3.89. The lowest BCUT2D eigenvalue weighted by atomic mass is 10.0. The highest BCUT2D eigenvalue weighted by atomic mass is 16.5. The molecule has 0 bridgehead atoms. The number of aryl methyl sites for hydroxylation is 1. The zero-order valence-electron chi connectivity index (χ0n) is 14.3. The second-order valence-electron chi connectivity index (χ2n) is 5.62. The van der Waals surface area contributed by atoms with Crippen LogP contribution in [0.5, 0.6) is 0 Å². The zero-order chi connectivity index (χ0) is 18.1. The summed E-state index contributed by atoms with van der Waals surface area (Å²) in [4.78, 5) is 23.3. The third kappa shape index (κ3) is 5.72. The third-order valence-electron chi connectivity index (χ3n) is 3.89. The first kappa shape index (κ1) is 18.7. The van der Waals surface area contributed by atoms with E-state index in [1.807, 2.05) is 37.3 Å². The van der Waals surface area contributed by atoms with Crippen LogP contribution in [0.2, 0.25) is 0 Å². The van der Waals surface area contributed by atoms with Crippen LogP contribution in [0.3, 0.4) is 0 Å². The maximum absolute atomic E-state index is 12.1. The molecule has 0 heterocycles. The number of nitrogens with one attached hydrogen (secondary N) is 1. The number of carboxylic acids is 1. The van der Waals surface area contributed by atoms with E-state index in [1.165, 1.54) is 0 Å². The molecule has 2 rings (SSSR count). The molecule has 5 heteroatoms. The molecule has 2 aromatic carbocycles. The molecule has 1 unspecified atom stereocenters. The summed E-state index contributed by atoms with van der Waals surface area (Å²) in [5, 5.41) is 12.0. The quantitative estimate of drug-likeness (QED) is 0.734. The van der Waals surface area contributed by atoms with Crippen molar-refractivity contribution >= 4 is 11.9 Å². The van der Waals surface area contributed by atoms with Gasteiger partial charge in [-0.1, -0.05) is 48.5 Å². The Hall–Kier alpha value is -2.66. The molecule has 132 valence electrons. The molecule has 2 aromatic rings. The van der Waals surface area contributed by atoms with Gasteiger partial charge in [0.1, 0.15) is 0 Å². The molecule has 2 N–H and O–H groups in total. The number of amides is 1. The molecular weight excluding hydrogens is 318 g/mol. The van der Waals surface area contributed by atoms with Crippen LogP contribution in [0.4, 0.5) is 0 Å². The Labute approximate surface area is 147 Å². The van der Waals surface area contributed by atoms with Crippen LogP contribution in [0.1, 0.15) is 40.9 Å². The molecule has 0 fully saturated rings. The summed E-state index contributed by atoms with van der Waals surface area (Å²) in [5.74, 6) is -1.10. The highest BCUT2D eigenvalue weighted by Gasteiger charge is 2.14. The predicted octanol–water partition coefficient (Wildman–Crippen LogP) is 3.21. The van der Waals surface area contributed by atoms with Crippen molar-refractivity contribution in [2.45, 2.75) is 25.9 Å². The minimum absolute atomic E-state index is 0.124. The van der Waals surface area contributed by atoms with Gasteiger partial charge in [-0.05, 0) is 30.5 Å². The van der Waals surface area contributed by atoms with Crippen LogP contribution in [0, 0.1) is 0 Å². The van der Waals surface area contributed by atoms with Gasteiger partial charge >= 0.3 is 5.97 Å². The first-order chi connectivity index (χ1) is 12.1. The van der Waals surface area contributed by atoms with Crippen LogP contribution in [0.15, 0.2) is 54.6 Å². The van der Waals surface area contributed by atoms with E-state index < -0.39 is 5.97 Å². The number of rotatable bonds is 9. The van der Waals surface area contributed by atoms with Crippen molar-refractivity contribution in [2.75, 3.05) is 13.2 Å². The number of ether oxygens (including phenoxy) is 1. The van der Waals surface area contributed by atoms with E-state index in [2.05, 4.69) is 5.32 Å². The van der Waals surface area contributed by atoms with Gasteiger partial charge in [0.25, 0.3) is 0 Å². The van der Waals surface area contributed by atoms with E-state index in [0.717, 1.165) is 5.56 Å². The van der Waals surface area contributed by atoms with E-state index in [4.69, 9.17) is 4.74 Å². The average molecular weight is 341 g/mol. The summed E-state index contributed by atoms with van der Waals surface area (Å²) in [7, 11) is 0. The largest absolute Gasteiger partial charge is 0.478 e. The van der Waals surface area contributed by atoms with Crippen molar-refractivity contribution < 1.29 is 19.4 Å². The molecule has 0 aliphatic carbocycles. The highest BCUT2D eigenvalue weighted by Crippen LogP contribution is 2.16. The van der Waals surface area contributed by atoms with E-state index in [1.54, 1.807) is 24.3 Å². The fourth-order valence-electron chi connectivity index (χ4n) is 2.63. The van der Waals surface area contributed by atoms with Gasteiger partial charge in [0.15, 0.2) is 0 Å². The first-order valence-corrected chi connectivity index (χ1v) is 8.36. The lowest BCUT2D eigenvalue weighted by Crippen LogP contribution is -2.29. The minimum atomic E-state index is -0.975. The normalized spacial score (nSPS) is 11.7. The lowest BCUT2D eigenvalue weighted by molar-refractivity contribution is -0.121. The second kappa shape index (κ2) is 9.59. The number of carboxylic acid groups (broad SMARTS) is 1. The van der Waals surface area contributed by atoms with Gasteiger partial charge in [0.2, 0.25) is 5.91 Å². The molecule has 0 aromatic heterocycles. The van der Waals surface area contributed by atoms with Crippen LogP contribution >= 0.6 is 0 Å². The van der Waals surface area contributed by atoms with Gasteiger partial charge in [0.05, 0.1) is 11.7 Å². The Morgan fingerprint density at radius 1 is 1.08 bits per heavy atom. The molecule has 1 amide bonds. The fraction of sp³-hybridized carbons (Fsp3) is 0.300. The van der Waals surface area contributed by atoms with E-state index in [0.29, 0.717) is 25.1 Å². The summed E-state index contributed by atoms with van der Waals surface area (Å²) >= 11 is 0. The van der Waals surface area contributed by atoms with E-state index in [9.17, 15) is 14.7 Å². The van der Waals surface area contributed by atoms with Crippen molar-refractivity contribution in [2.24, 2.45) is 0 Å². The summed E-state index contributed by atoms with van der Waals surface area (Å²) in [6, 6.07) is 16.5. The van der Waals surface area contributed by atoms with Gasteiger partial charge < -0.3 is 15.2 Å². The summed E-state index contributed by atoms with van der Waals surface area (Å²) in [5.41, 5.74) is 1.92. The maximum atomic E-state index is 12.1. The molecule has 0 aliphatic rings. The average Bonchev–Trinajstić information content (AvgIpc) is 2.64. The van der Waals surface area contributed by atoms with Crippen molar-refractivity contribution in [1.29, 1.82) is 0 Å². The van der Waals surface area contributed by atoms with E-state index in [-0.39, 0.29) is 24.0 Å². The Balaban J connectivity index is 1.88. The molecule has 25 heavy (non-hydrogen) atoms. The smallest absolute Gasteiger partial charge is 0.335 e. The Kier molecular flexibility index (Phi) is 7.16. The predicted molar refractivity (Wildman–Crippen MR) is 95.5 cm³/mol. The number of aromatic carboxylic acids is 1. The Morgan fingerprint density at radius 3 is 2.44 bits per heavy atom. The monoisotopic (exact) mass is 341 g/mol. The van der Waals surface area contributed by atoms with Crippen LogP contribution < -0.4 is 5.32 Å². The first-order valence-electron chi connectivity index (χ1n) is 8.36. The molecule has 0 radical (unpaired) electrons. The van der Waals surface area contributed by atoms with Crippen molar-refractivity contribution in [3.63, 3.8) is 0 Å². The lowest BCUT2D eigenvalue weighted by Gasteiger charge is -2.18. The maximum Gasteiger partial charge on any atom is 0.335 e. The zero-order valence-corrected chi connectivity index (χ0v) is 14.3. The Bertz CT molecular complexity index is 700. The van der Waals surface area contributed by atoms with Crippen LogP contribution in [-0.4, -0.2) is 30.1 Å². The summed E-state index contributed by atoms with van der Waals surface area (Å²) in [6.45, 7) is 2.86. The van der Waals surface area contributed by atoms with Crippen LogP contribution in [-0.2, 0) is 16.0 Å². The molecule has 0 spiro atoms. The van der Waals surface area contributed by atoms with E-state index >= 15 is 0 Å². The SMILES string of the molecule is CCOC(CNC(=O)CCc1ccccc1C(=O)O)c1ccccc1. The molecule has 0 saturated carbocycles. The minimum Gasteiger partial charge on any atom is -0.478 e. The summed E-state index contributed by atoms with van der Waals surface area (Å²) in [6.07, 6.45) is 0.429. The number of hydrogen-bond acceptors (Lipinski definition) is 3. The van der Waals surface area contributed by atoms with Crippen molar-refractivity contribution in [3.05, 3.63) is 71.3 Å². The van der Waals surface area contributed by atoms with Gasteiger partial charge in [-0.3, -0.25) is 4.79 Å². The van der Waals surface area contributed by atoms with Gasteiger partial charge in [-0.25, -0.2) is 4.79 Å². The number of benzene rings is 2. The molecule has 1 atom stereocenters. The number of carbonyl (C=O) groups excluding carboxylic acids is 1. The topological polar surface area (TPSA) is 75.6 Å². The molecule has 5 nitrogen and oxygen atoms in total. The van der Waals surface area contributed by atoms with Crippen molar-refractivity contribution in [1.82, 2.24) is 5.32 Å². The number of carbonyl (C=O) groups is 2. The molecule has 0 aliphatic heterocycles. The standard InChI is InChI=1S/C20H23NO4/c1-2-25-18(16-9-4-3-5-10-16)14-21-19(22)13-12-15-8-6-7-11-17(15)20(23)24/h3-11,18H,2,12-14H2,1H3,(H,21,22)(H,23,24). The highest BCUT2D eigenvalue weighted by molar-refractivity contribution is 5.89. The molecular formula is C20H23NO4. The molecule has 0 saturated heterocycles. The Morgan fingerprint density at radius 2 is 1.76 bits per heavy atom. The number of hydrogen-bond donors (Lipinski definition) is 2. The van der Waals surface area contributed by atoms with Gasteiger partial charge in [-0.2, -0.15) is 0 Å². The fourth-order valence-corrected chi connectivity index (χ4v) is 2.63. The van der Waals surface area contributed by atoms with Crippen molar-refractivity contribution in [3.8, 4) is 0 Å². The van der Waals surface area contributed by atoms with Crippen LogP contribution in [0.25, 0.3) is 0 Å². The van der Waals surface area contributed by atoms with Gasteiger partial charge in [0, 0.05) is 19.6 Å². The van der Waals surface area contributed by atoms with Gasteiger partial charge in [-0.15, -0.1) is 0 Å².